The van der Waals surface area contributed by atoms with E-state index in [1.165, 1.54) is 0 Å². The van der Waals surface area contributed by atoms with Crippen molar-refractivity contribution in [2.45, 2.75) is 26.3 Å². The molecule has 2 N–H and O–H groups in total. The lowest BCUT2D eigenvalue weighted by Gasteiger charge is -2.17. The molecule has 0 spiro atoms. The van der Waals surface area contributed by atoms with Gasteiger partial charge in [0.25, 0.3) is 0 Å². The van der Waals surface area contributed by atoms with Crippen molar-refractivity contribution >= 4 is 11.7 Å². The van der Waals surface area contributed by atoms with Crippen LogP contribution in [0.15, 0.2) is 36.7 Å². The Labute approximate surface area is 118 Å². The molecule has 0 saturated heterocycles. The first-order valence-electron chi connectivity index (χ1n) is 6.72. The molecular formula is C15H19N3O2. The normalized spacial score (nSPS) is 12.1. The number of anilines is 1. The van der Waals surface area contributed by atoms with Gasteiger partial charge in [0, 0.05) is 23.6 Å². The van der Waals surface area contributed by atoms with E-state index in [0.717, 1.165) is 11.4 Å². The molecule has 0 aliphatic carbocycles. The molecule has 0 aliphatic rings. The number of imidazole rings is 1. The van der Waals surface area contributed by atoms with Crippen LogP contribution in [0.5, 0.6) is 0 Å². The van der Waals surface area contributed by atoms with Crippen LogP contribution in [0.25, 0.3) is 11.4 Å². The Morgan fingerprint density at radius 3 is 2.65 bits per heavy atom. The van der Waals surface area contributed by atoms with Crippen molar-refractivity contribution in [3.8, 4) is 11.4 Å². The van der Waals surface area contributed by atoms with Crippen LogP contribution in [0.1, 0.15) is 26.3 Å². The van der Waals surface area contributed by atoms with Gasteiger partial charge in [-0.25, -0.2) is 9.78 Å². The summed E-state index contributed by atoms with van der Waals surface area (Å²) in [6, 6.07) is 7.07. The van der Waals surface area contributed by atoms with E-state index in [9.17, 15) is 4.79 Å². The second-order valence-corrected chi connectivity index (χ2v) is 4.46. The average molecular weight is 273 g/mol. The molecular weight excluding hydrogens is 254 g/mol. The van der Waals surface area contributed by atoms with Crippen molar-refractivity contribution in [1.82, 2.24) is 9.55 Å². The van der Waals surface area contributed by atoms with Crippen molar-refractivity contribution < 1.29 is 9.53 Å². The topological polar surface area (TPSA) is 70.1 Å². The second kappa shape index (κ2) is 6.23. The van der Waals surface area contributed by atoms with Crippen molar-refractivity contribution in [2.24, 2.45) is 0 Å². The third-order valence-electron chi connectivity index (χ3n) is 3.12. The summed E-state index contributed by atoms with van der Waals surface area (Å²) in [4.78, 5) is 16.4. The largest absolute Gasteiger partial charge is 0.464 e. The first-order valence-corrected chi connectivity index (χ1v) is 6.72. The number of benzene rings is 1. The van der Waals surface area contributed by atoms with Gasteiger partial charge in [-0.3, -0.25) is 0 Å². The Bertz CT molecular complexity index is 575. The summed E-state index contributed by atoms with van der Waals surface area (Å²) in [5, 5.41) is 0. The third-order valence-corrected chi connectivity index (χ3v) is 3.12. The Hall–Kier alpha value is -2.30. The highest BCUT2D eigenvalue weighted by Crippen LogP contribution is 2.24. The standard InChI is InChI=1S/C15H19N3O2/c1-3-13(15(19)20-4-2)18-10-9-17-14(18)11-5-7-12(16)8-6-11/h5-10,13H,3-4,16H2,1-2H3. The van der Waals surface area contributed by atoms with Gasteiger partial charge in [-0.1, -0.05) is 6.92 Å². The van der Waals surface area contributed by atoms with Crippen LogP contribution in [0.2, 0.25) is 0 Å². The molecule has 106 valence electrons. The minimum absolute atomic E-state index is 0.232. The van der Waals surface area contributed by atoms with Crippen LogP contribution < -0.4 is 5.73 Å². The molecule has 1 aromatic heterocycles. The number of carbonyl (C=O) groups excluding carboxylic acids is 1. The molecule has 1 heterocycles. The molecule has 0 amide bonds. The monoisotopic (exact) mass is 273 g/mol. The number of nitrogen functional groups attached to an aromatic ring is 1. The van der Waals surface area contributed by atoms with Gasteiger partial charge < -0.3 is 15.0 Å². The minimum atomic E-state index is -0.356. The average Bonchev–Trinajstić information content (AvgIpc) is 2.90. The van der Waals surface area contributed by atoms with E-state index in [-0.39, 0.29) is 12.0 Å². The summed E-state index contributed by atoms with van der Waals surface area (Å²) >= 11 is 0. The van der Waals surface area contributed by atoms with Gasteiger partial charge in [0.1, 0.15) is 11.9 Å². The van der Waals surface area contributed by atoms with Crippen molar-refractivity contribution in [3.05, 3.63) is 36.7 Å². The van der Waals surface area contributed by atoms with Crippen LogP contribution in [-0.2, 0) is 9.53 Å². The van der Waals surface area contributed by atoms with E-state index in [1.807, 2.05) is 35.8 Å². The SMILES string of the molecule is CCOC(=O)C(CC)n1ccnc1-c1ccc(N)cc1. The van der Waals surface area contributed by atoms with Gasteiger partial charge in [-0.15, -0.1) is 0 Å². The Balaban J connectivity index is 2.36. The minimum Gasteiger partial charge on any atom is -0.464 e. The molecule has 2 aromatic rings. The fourth-order valence-electron chi connectivity index (χ4n) is 2.14. The zero-order chi connectivity index (χ0) is 14.5. The molecule has 0 saturated carbocycles. The summed E-state index contributed by atoms with van der Waals surface area (Å²) in [7, 11) is 0. The number of carbonyl (C=O) groups is 1. The van der Waals surface area contributed by atoms with Crippen molar-refractivity contribution in [1.29, 1.82) is 0 Å². The lowest BCUT2D eigenvalue weighted by Crippen LogP contribution is -2.21. The summed E-state index contributed by atoms with van der Waals surface area (Å²) < 4.78 is 6.97. The van der Waals surface area contributed by atoms with Crippen LogP contribution in [0.3, 0.4) is 0 Å². The molecule has 2 rings (SSSR count). The Morgan fingerprint density at radius 2 is 2.05 bits per heavy atom. The highest BCUT2D eigenvalue weighted by atomic mass is 16.5. The van der Waals surface area contributed by atoms with E-state index in [2.05, 4.69) is 4.98 Å². The van der Waals surface area contributed by atoms with E-state index < -0.39 is 0 Å². The number of ether oxygens (including phenoxy) is 1. The molecule has 20 heavy (non-hydrogen) atoms. The molecule has 0 radical (unpaired) electrons. The molecule has 1 atom stereocenters. The fourth-order valence-corrected chi connectivity index (χ4v) is 2.14. The summed E-state index contributed by atoms with van der Waals surface area (Å²) in [6.07, 6.45) is 4.14. The lowest BCUT2D eigenvalue weighted by atomic mass is 10.1. The summed E-state index contributed by atoms with van der Waals surface area (Å²) in [5.41, 5.74) is 7.31. The molecule has 1 unspecified atom stereocenters. The smallest absolute Gasteiger partial charge is 0.329 e. The molecule has 0 fully saturated rings. The van der Waals surface area contributed by atoms with Crippen LogP contribution in [0, 0.1) is 0 Å². The number of hydrogen-bond acceptors (Lipinski definition) is 4. The van der Waals surface area contributed by atoms with Gasteiger partial charge in [0.15, 0.2) is 0 Å². The third kappa shape index (κ3) is 2.82. The van der Waals surface area contributed by atoms with E-state index in [0.29, 0.717) is 18.7 Å². The van der Waals surface area contributed by atoms with Gasteiger partial charge in [-0.2, -0.15) is 0 Å². The van der Waals surface area contributed by atoms with Crippen LogP contribution >= 0.6 is 0 Å². The molecule has 0 bridgehead atoms. The van der Waals surface area contributed by atoms with Crippen LogP contribution in [0.4, 0.5) is 5.69 Å². The number of nitrogens with two attached hydrogens (primary N) is 1. The van der Waals surface area contributed by atoms with E-state index >= 15 is 0 Å². The van der Waals surface area contributed by atoms with E-state index in [1.54, 1.807) is 19.3 Å². The fraction of sp³-hybridized carbons (Fsp3) is 0.333. The maximum Gasteiger partial charge on any atom is 0.329 e. The van der Waals surface area contributed by atoms with Gasteiger partial charge >= 0.3 is 5.97 Å². The maximum absolute atomic E-state index is 12.0. The summed E-state index contributed by atoms with van der Waals surface area (Å²) in [5.74, 6) is 0.509. The Kier molecular flexibility index (Phi) is 4.40. The zero-order valence-corrected chi connectivity index (χ0v) is 11.7. The number of esters is 1. The predicted octanol–water partition coefficient (Wildman–Crippen LogP) is 2.65. The lowest BCUT2D eigenvalue weighted by molar-refractivity contribution is -0.147. The van der Waals surface area contributed by atoms with Gasteiger partial charge in [0.05, 0.1) is 6.61 Å². The quantitative estimate of drug-likeness (QED) is 0.671. The molecule has 0 aliphatic heterocycles. The Morgan fingerprint density at radius 1 is 1.35 bits per heavy atom. The number of nitrogens with zero attached hydrogens (tertiary/aromatic N) is 2. The number of rotatable bonds is 5. The second-order valence-electron chi connectivity index (χ2n) is 4.46. The highest BCUT2D eigenvalue weighted by Gasteiger charge is 2.22. The highest BCUT2D eigenvalue weighted by molar-refractivity contribution is 5.75. The molecule has 5 heteroatoms. The first kappa shape index (κ1) is 14.1. The first-order chi connectivity index (χ1) is 9.67. The van der Waals surface area contributed by atoms with Crippen molar-refractivity contribution in [3.63, 3.8) is 0 Å². The molecule has 1 aromatic carbocycles. The maximum atomic E-state index is 12.0. The molecule has 5 nitrogen and oxygen atoms in total. The van der Waals surface area contributed by atoms with Crippen LogP contribution in [-0.4, -0.2) is 22.1 Å². The van der Waals surface area contributed by atoms with E-state index in [4.69, 9.17) is 10.5 Å². The predicted molar refractivity (Wildman–Crippen MR) is 78.0 cm³/mol. The number of hydrogen-bond donors (Lipinski definition) is 1. The van der Waals surface area contributed by atoms with Crippen molar-refractivity contribution in [2.75, 3.05) is 12.3 Å². The summed E-state index contributed by atoms with van der Waals surface area (Å²) in [6.45, 7) is 4.13. The van der Waals surface area contributed by atoms with Gasteiger partial charge in [0.2, 0.25) is 0 Å². The van der Waals surface area contributed by atoms with Gasteiger partial charge in [-0.05, 0) is 37.6 Å². The zero-order valence-electron chi connectivity index (χ0n) is 11.7. The number of aromatic nitrogens is 2.